The van der Waals surface area contributed by atoms with Gasteiger partial charge in [0.05, 0.1) is 0 Å². The number of hydrogen-bond donors (Lipinski definition) is 2. The standard InChI is InChI=1S/C7H12N2/c8-6-4-2-1-3-5-7-9/h1-4,7,9H,5-6,8H2. The van der Waals surface area contributed by atoms with Crippen LogP contribution in [0.15, 0.2) is 24.3 Å². The van der Waals surface area contributed by atoms with Gasteiger partial charge in [-0.3, -0.25) is 0 Å². The lowest BCUT2D eigenvalue weighted by molar-refractivity contribution is 1.25. The Balaban J connectivity index is 3.23. The Kier molecular flexibility index (Phi) is 6.41. The van der Waals surface area contributed by atoms with Gasteiger partial charge in [-0.05, 0) is 6.21 Å². The first-order valence-electron chi connectivity index (χ1n) is 2.92. The van der Waals surface area contributed by atoms with E-state index in [0.717, 1.165) is 0 Å². The van der Waals surface area contributed by atoms with E-state index in [1.54, 1.807) is 0 Å². The van der Waals surface area contributed by atoms with E-state index in [9.17, 15) is 0 Å². The Morgan fingerprint density at radius 3 is 2.44 bits per heavy atom. The maximum Gasteiger partial charge on any atom is 0.0109 e. The van der Waals surface area contributed by atoms with E-state index in [4.69, 9.17) is 11.1 Å². The maximum absolute atomic E-state index is 6.66. The minimum Gasteiger partial charge on any atom is -0.327 e. The average molecular weight is 124 g/mol. The summed E-state index contributed by atoms with van der Waals surface area (Å²) in [6, 6.07) is 0. The molecule has 0 spiro atoms. The zero-order chi connectivity index (χ0) is 6.95. The van der Waals surface area contributed by atoms with Crippen molar-refractivity contribution in [3.8, 4) is 0 Å². The van der Waals surface area contributed by atoms with E-state index in [2.05, 4.69) is 0 Å². The third-order valence-corrected chi connectivity index (χ3v) is 0.773. The monoisotopic (exact) mass is 124 g/mol. The van der Waals surface area contributed by atoms with Crippen LogP contribution in [0, 0.1) is 5.41 Å². The van der Waals surface area contributed by atoms with E-state index >= 15 is 0 Å². The fourth-order valence-corrected chi connectivity index (χ4v) is 0.382. The molecule has 2 nitrogen and oxygen atoms in total. The van der Waals surface area contributed by atoms with E-state index in [-0.39, 0.29) is 0 Å². The quantitative estimate of drug-likeness (QED) is 0.428. The smallest absolute Gasteiger partial charge is 0.0109 e. The van der Waals surface area contributed by atoms with Gasteiger partial charge in [-0.2, -0.15) is 0 Å². The van der Waals surface area contributed by atoms with Crippen LogP contribution in [-0.4, -0.2) is 12.8 Å². The van der Waals surface area contributed by atoms with Gasteiger partial charge in [0.1, 0.15) is 0 Å². The summed E-state index contributed by atoms with van der Waals surface area (Å²) < 4.78 is 0. The summed E-state index contributed by atoms with van der Waals surface area (Å²) in [4.78, 5) is 0. The van der Waals surface area contributed by atoms with Crippen molar-refractivity contribution in [2.75, 3.05) is 6.54 Å². The van der Waals surface area contributed by atoms with Gasteiger partial charge in [0.2, 0.25) is 0 Å². The highest BCUT2D eigenvalue weighted by Gasteiger charge is 1.65. The molecule has 0 rings (SSSR count). The van der Waals surface area contributed by atoms with Crippen LogP contribution >= 0.6 is 0 Å². The molecule has 0 aliphatic heterocycles. The molecule has 0 heterocycles. The van der Waals surface area contributed by atoms with Gasteiger partial charge < -0.3 is 11.1 Å². The number of rotatable bonds is 4. The molecule has 0 aliphatic rings. The first kappa shape index (κ1) is 8.11. The topological polar surface area (TPSA) is 49.9 Å². The van der Waals surface area contributed by atoms with Crippen LogP contribution in [0.1, 0.15) is 6.42 Å². The molecule has 0 saturated heterocycles. The highest BCUT2D eigenvalue weighted by atomic mass is 14.5. The van der Waals surface area contributed by atoms with Crippen LogP contribution in [0.4, 0.5) is 0 Å². The third kappa shape index (κ3) is 7.11. The lowest BCUT2D eigenvalue weighted by Crippen LogP contribution is -1.91. The summed E-state index contributed by atoms with van der Waals surface area (Å²) >= 11 is 0. The molecule has 0 fully saturated rings. The van der Waals surface area contributed by atoms with Crippen molar-refractivity contribution in [2.24, 2.45) is 5.73 Å². The molecule has 3 N–H and O–H groups in total. The summed E-state index contributed by atoms with van der Waals surface area (Å²) in [7, 11) is 0. The number of allylic oxidation sites excluding steroid dienone is 3. The molecule has 0 saturated carbocycles. The molecular weight excluding hydrogens is 112 g/mol. The molecule has 9 heavy (non-hydrogen) atoms. The largest absolute Gasteiger partial charge is 0.327 e. The molecule has 0 aromatic heterocycles. The molecule has 0 radical (unpaired) electrons. The van der Waals surface area contributed by atoms with Gasteiger partial charge in [-0.1, -0.05) is 24.3 Å². The van der Waals surface area contributed by atoms with Crippen LogP contribution in [-0.2, 0) is 0 Å². The van der Waals surface area contributed by atoms with Crippen molar-refractivity contribution in [3.05, 3.63) is 24.3 Å². The van der Waals surface area contributed by atoms with Crippen LogP contribution in [0.2, 0.25) is 0 Å². The second kappa shape index (κ2) is 7.11. The lowest BCUT2D eigenvalue weighted by Gasteiger charge is -1.75. The van der Waals surface area contributed by atoms with Gasteiger partial charge >= 0.3 is 0 Å². The predicted molar refractivity (Wildman–Crippen MR) is 40.7 cm³/mol. The van der Waals surface area contributed by atoms with Gasteiger partial charge in [-0.15, -0.1) is 0 Å². The molecule has 0 bridgehead atoms. The van der Waals surface area contributed by atoms with Crippen molar-refractivity contribution in [3.63, 3.8) is 0 Å². The minimum absolute atomic E-state index is 0.578. The van der Waals surface area contributed by atoms with E-state index in [1.807, 2.05) is 24.3 Å². The summed E-state index contributed by atoms with van der Waals surface area (Å²) in [5.74, 6) is 0. The Labute approximate surface area is 55.6 Å². The lowest BCUT2D eigenvalue weighted by atomic mass is 10.4. The highest BCUT2D eigenvalue weighted by Crippen LogP contribution is 1.78. The summed E-state index contributed by atoms with van der Waals surface area (Å²) in [6.45, 7) is 0.578. The molecule has 0 aromatic rings. The highest BCUT2D eigenvalue weighted by molar-refractivity contribution is 5.55. The van der Waals surface area contributed by atoms with Crippen LogP contribution in [0.5, 0.6) is 0 Å². The molecule has 0 unspecified atom stereocenters. The number of nitrogens with one attached hydrogen (secondary N) is 1. The molecular formula is C7H12N2. The second-order valence-corrected chi connectivity index (χ2v) is 1.53. The number of hydrogen-bond acceptors (Lipinski definition) is 2. The second-order valence-electron chi connectivity index (χ2n) is 1.53. The molecule has 0 aliphatic carbocycles. The Morgan fingerprint density at radius 2 is 1.89 bits per heavy atom. The predicted octanol–water partition coefficient (Wildman–Crippen LogP) is 1.10. The first-order valence-corrected chi connectivity index (χ1v) is 2.92. The molecule has 0 atom stereocenters. The Morgan fingerprint density at radius 1 is 1.22 bits per heavy atom. The SMILES string of the molecule is N=CCC=CC=CCN. The fraction of sp³-hybridized carbons (Fsp3) is 0.286. The summed E-state index contributed by atoms with van der Waals surface area (Å²) in [5.41, 5.74) is 5.18. The van der Waals surface area contributed by atoms with Crippen LogP contribution in [0.3, 0.4) is 0 Å². The van der Waals surface area contributed by atoms with Crippen molar-refractivity contribution in [1.82, 2.24) is 0 Å². The zero-order valence-electron chi connectivity index (χ0n) is 5.38. The molecule has 2 heteroatoms. The van der Waals surface area contributed by atoms with Crippen molar-refractivity contribution in [1.29, 1.82) is 5.41 Å². The third-order valence-electron chi connectivity index (χ3n) is 0.773. The van der Waals surface area contributed by atoms with Gasteiger partial charge in [-0.25, -0.2) is 0 Å². The minimum atomic E-state index is 0.578. The van der Waals surface area contributed by atoms with E-state index in [1.165, 1.54) is 6.21 Å². The molecule has 0 aromatic carbocycles. The van der Waals surface area contributed by atoms with E-state index in [0.29, 0.717) is 13.0 Å². The van der Waals surface area contributed by atoms with Crippen LogP contribution in [0.25, 0.3) is 0 Å². The summed E-state index contributed by atoms with van der Waals surface area (Å²) in [5, 5.41) is 6.66. The van der Waals surface area contributed by atoms with Crippen molar-refractivity contribution >= 4 is 6.21 Å². The van der Waals surface area contributed by atoms with Crippen molar-refractivity contribution < 1.29 is 0 Å². The Hall–Kier alpha value is -0.890. The Bertz CT molecular complexity index is 114. The average Bonchev–Trinajstić information content (AvgIpc) is 1.89. The first-order chi connectivity index (χ1) is 4.41. The number of nitrogens with two attached hydrogens (primary N) is 1. The fourth-order valence-electron chi connectivity index (χ4n) is 0.382. The normalized spacial score (nSPS) is 11.2. The van der Waals surface area contributed by atoms with Crippen LogP contribution < -0.4 is 5.73 Å². The van der Waals surface area contributed by atoms with Gasteiger partial charge in [0, 0.05) is 13.0 Å². The van der Waals surface area contributed by atoms with Crippen molar-refractivity contribution in [2.45, 2.75) is 6.42 Å². The van der Waals surface area contributed by atoms with E-state index < -0.39 is 0 Å². The summed E-state index contributed by atoms with van der Waals surface area (Å²) in [6.07, 6.45) is 9.59. The molecule has 0 amide bonds. The van der Waals surface area contributed by atoms with Gasteiger partial charge in [0.15, 0.2) is 0 Å². The molecule has 50 valence electrons. The van der Waals surface area contributed by atoms with Gasteiger partial charge in [0.25, 0.3) is 0 Å². The maximum atomic E-state index is 6.66. The zero-order valence-corrected chi connectivity index (χ0v) is 5.38.